The van der Waals surface area contributed by atoms with Gasteiger partial charge in [-0.2, -0.15) is 0 Å². The molecule has 0 saturated carbocycles. The van der Waals surface area contributed by atoms with E-state index in [4.69, 9.17) is 0 Å². The average molecular weight is 313 g/mol. The summed E-state index contributed by atoms with van der Waals surface area (Å²) >= 11 is 0. The quantitative estimate of drug-likeness (QED) is 0.767. The highest BCUT2D eigenvalue weighted by molar-refractivity contribution is 5.68. The van der Waals surface area contributed by atoms with Gasteiger partial charge in [0.05, 0.1) is 17.9 Å². The number of nitrogens with one attached hydrogen (secondary N) is 2. The van der Waals surface area contributed by atoms with E-state index >= 15 is 0 Å². The first kappa shape index (κ1) is 16.7. The van der Waals surface area contributed by atoms with E-state index in [-0.39, 0.29) is 6.04 Å². The summed E-state index contributed by atoms with van der Waals surface area (Å²) in [5, 5.41) is 14.8. The molecule has 0 bridgehead atoms. The lowest BCUT2D eigenvalue weighted by Gasteiger charge is -2.14. The van der Waals surface area contributed by atoms with Crippen LogP contribution in [0.2, 0.25) is 0 Å². The van der Waals surface area contributed by atoms with Crippen LogP contribution in [-0.2, 0) is 0 Å². The standard InChI is InChI=1S/C16H23N7/c1-7-17-11(4)8-18-12(5)14-9-23-13(6)21-22-16(23)15(20-14)19-10(2)3/h7,9-10,18H,4-5,8H2,1-3,6H3,(H,19,20)/b17-7-. The van der Waals surface area contributed by atoms with Gasteiger partial charge in [-0.25, -0.2) is 4.98 Å². The van der Waals surface area contributed by atoms with Crippen molar-refractivity contribution < 1.29 is 0 Å². The van der Waals surface area contributed by atoms with Crippen molar-refractivity contribution >= 4 is 23.4 Å². The van der Waals surface area contributed by atoms with Crippen molar-refractivity contribution in [3.63, 3.8) is 0 Å². The van der Waals surface area contributed by atoms with Crippen LogP contribution in [0.3, 0.4) is 0 Å². The molecular formula is C16H23N7. The highest BCUT2D eigenvalue weighted by Gasteiger charge is 2.13. The van der Waals surface area contributed by atoms with Crippen molar-refractivity contribution in [1.29, 1.82) is 0 Å². The molecule has 7 nitrogen and oxygen atoms in total. The molecular weight excluding hydrogens is 290 g/mol. The minimum Gasteiger partial charge on any atom is -0.378 e. The van der Waals surface area contributed by atoms with Crippen LogP contribution in [0.1, 0.15) is 32.3 Å². The van der Waals surface area contributed by atoms with E-state index in [0.29, 0.717) is 23.7 Å². The molecule has 2 N–H and O–H groups in total. The Hall–Kier alpha value is -2.70. The van der Waals surface area contributed by atoms with E-state index in [1.165, 1.54) is 0 Å². The number of anilines is 1. The van der Waals surface area contributed by atoms with Gasteiger partial charge < -0.3 is 10.6 Å². The zero-order chi connectivity index (χ0) is 17.0. The number of aryl methyl sites for hydroxylation is 1. The summed E-state index contributed by atoms with van der Waals surface area (Å²) in [6.45, 7) is 16.3. The SMILES string of the molecule is C=C(CNC(=C)c1cn2c(C)nnc2c(NC(C)C)n1)/N=C\C. The second-order valence-corrected chi connectivity index (χ2v) is 5.50. The molecule has 0 radical (unpaired) electrons. The van der Waals surface area contributed by atoms with Gasteiger partial charge >= 0.3 is 0 Å². The number of aromatic nitrogens is 4. The number of hydrogen-bond acceptors (Lipinski definition) is 6. The Morgan fingerprint density at radius 3 is 2.78 bits per heavy atom. The summed E-state index contributed by atoms with van der Waals surface area (Å²) in [5.41, 5.74) is 2.85. The third kappa shape index (κ3) is 3.94. The fraction of sp³-hybridized carbons (Fsp3) is 0.375. The lowest BCUT2D eigenvalue weighted by atomic mass is 10.3. The third-order valence-electron chi connectivity index (χ3n) is 3.11. The van der Waals surface area contributed by atoms with Crippen LogP contribution in [0.4, 0.5) is 5.82 Å². The van der Waals surface area contributed by atoms with Crippen molar-refractivity contribution in [2.75, 3.05) is 11.9 Å². The van der Waals surface area contributed by atoms with Crippen molar-refractivity contribution in [2.24, 2.45) is 4.99 Å². The van der Waals surface area contributed by atoms with Gasteiger partial charge in [-0.05, 0) is 27.7 Å². The number of aliphatic imine (C=N–C) groups is 1. The molecule has 23 heavy (non-hydrogen) atoms. The first-order valence-electron chi connectivity index (χ1n) is 7.51. The zero-order valence-electron chi connectivity index (χ0n) is 14.1. The molecule has 0 aromatic carbocycles. The lowest BCUT2D eigenvalue weighted by Crippen LogP contribution is -2.17. The molecule has 2 heterocycles. The topological polar surface area (TPSA) is 79.5 Å². The van der Waals surface area contributed by atoms with E-state index in [9.17, 15) is 0 Å². The summed E-state index contributed by atoms with van der Waals surface area (Å²) in [6.07, 6.45) is 3.58. The monoisotopic (exact) mass is 313 g/mol. The van der Waals surface area contributed by atoms with Crippen LogP contribution in [0.25, 0.3) is 11.3 Å². The van der Waals surface area contributed by atoms with Crippen molar-refractivity contribution in [2.45, 2.75) is 33.7 Å². The molecule has 2 rings (SSSR count). The van der Waals surface area contributed by atoms with Gasteiger partial charge in [0.15, 0.2) is 5.82 Å². The Morgan fingerprint density at radius 1 is 1.39 bits per heavy atom. The maximum atomic E-state index is 4.61. The Kier molecular flexibility index (Phi) is 5.10. The molecule has 0 spiro atoms. The highest BCUT2D eigenvalue weighted by atomic mass is 15.3. The summed E-state index contributed by atoms with van der Waals surface area (Å²) in [5.74, 6) is 1.48. The van der Waals surface area contributed by atoms with E-state index in [1.807, 2.05) is 38.3 Å². The molecule has 0 saturated heterocycles. The van der Waals surface area contributed by atoms with Gasteiger partial charge in [0.25, 0.3) is 0 Å². The predicted octanol–water partition coefficient (Wildman–Crippen LogP) is 2.42. The number of fused-ring (bicyclic) bond motifs is 1. The molecule has 0 fully saturated rings. The largest absolute Gasteiger partial charge is 0.378 e. The maximum absolute atomic E-state index is 4.61. The van der Waals surface area contributed by atoms with E-state index < -0.39 is 0 Å². The second-order valence-electron chi connectivity index (χ2n) is 5.50. The fourth-order valence-corrected chi connectivity index (χ4v) is 2.05. The molecule has 0 amide bonds. The molecule has 0 aliphatic rings. The Bertz CT molecular complexity index is 755. The van der Waals surface area contributed by atoms with Gasteiger partial charge in [-0.1, -0.05) is 13.2 Å². The van der Waals surface area contributed by atoms with Gasteiger partial charge in [0.2, 0.25) is 5.65 Å². The molecule has 0 aliphatic carbocycles. The van der Waals surface area contributed by atoms with Gasteiger partial charge in [-0.3, -0.25) is 9.39 Å². The van der Waals surface area contributed by atoms with Crippen LogP contribution in [0, 0.1) is 6.92 Å². The molecule has 0 atom stereocenters. The second kappa shape index (κ2) is 7.04. The molecule has 7 heteroatoms. The van der Waals surface area contributed by atoms with Crippen LogP contribution in [0.5, 0.6) is 0 Å². The molecule has 0 unspecified atom stereocenters. The Balaban J connectivity index is 2.31. The van der Waals surface area contributed by atoms with Crippen molar-refractivity contribution in [1.82, 2.24) is 24.9 Å². The lowest BCUT2D eigenvalue weighted by molar-refractivity contribution is 0.879. The minimum absolute atomic E-state index is 0.235. The van der Waals surface area contributed by atoms with Crippen LogP contribution in [-0.4, -0.2) is 38.4 Å². The fourth-order valence-electron chi connectivity index (χ4n) is 2.05. The normalized spacial score (nSPS) is 11.3. The minimum atomic E-state index is 0.235. The average Bonchev–Trinajstić information content (AvgIpc) is 2.86. The van der Waals surface area contributed by atoms with E-state index in [2.05, 4.69) is 44.0 Å². The van der Waals surface area contributed by atoms with E-state index in [1.54, 1.807) is 6.21 Å². The number of nitrogens with zero attached hydrogens (tertiary/aromatic N) is 5. The number of hydrogen-bond donors (Lipinski definition) is 2. The molecule has 0 aliphatic heterocycles. The van der Waals surface area contributed by atoms with Crippen LogP contribution >= 0.6 is 0 Å². The van der Waals surface area contributed by atoms with Crippen LogP contribution in [0.15, 0.2) is 30.0 Å². The summed E-state index contributed by atoms with van der Waals surface area (Å²) in [4.78, 5) is 8.74. The van der Waals surface area contributed by atoms with Gasteiger partial charge in [-0.15, -0.1) is 10.2 Å². The van der Waals surface area contributed by atoms with Gasteiger partial charge in [0.1, 0.15) is 11.5 Å². The summed E-state index contributed by atoms with van der Waals surface area (Å²) < 4.78 is 1.90. The third-order valence-corrected chi connectivity index (χ3v) is 3.11. The van der Waals surface area contributed by atoms with Gasteiger partial charge in [0, 0.05) is 18.5 Å². The maximum Gasteiger partial charge on any atom is 0.203 e. The highest BCUT2D eigenvalue weighted by Crippen LogP contribution is 2.18. The summed E-state index contributed by atoms with van der Waals surface area (Å²) in [7, 11) is 0. The molecule has 2 aromatic rings. The van der Waals surface area contributed by atoms with Crippen molar-refractivity contribution in [3.05, 3.63) is 36.6 Å². The Labute approximate surface area is 136 Å². The molecule has 2 aromatic heterocycles. The smallest absolute Gasteiger partial charge is 0.203 e. The first-order chi connectivity index (χ1) is 10.9. The number of rotatable bonds is 7. The predicted molar refractivity (Wildman–Crippen MR) is 94.6 cm³/mol. The zero-order valence-corrected chi connectivity index (χ0v) is 14.1. The Morgan fingerprint density at radius 2 is 2.13 bits per heavy atom. The first-order valence-corrected chi connectivity index (χ1v) is 7.51. The van der Waals surface area contributed by atoms with Crippen LogP contribution < -0.4 is 10.6 Å². The van der Waals surface area contributed by atoms with E-state index in [0.717, 1.165) is 17.2 Å². The molecule has 122 valence electrons. The summed E-state index contributed by atoms with van der Waals surface area (Å²) in [6, 6.07) is 0.235. The van der Waals surface area contributed by atoms with Crippen molar-refractivity contribution in [3.8, 4) is 0 Å².